The molecule has 1 heterocycles. The summed E-state index contributed by atoms with van der Waals surface area (Å²) in [6.07, 6.45) is -0.664. The monoisotopic (exact) mass is 445 g/mol. The van der Waals surface area contributed by atoms with Gasteiger partial charge in [0.15, 0.2) is 6.10 Å². The molecule has 3 rings (SSSR count). The Labute approximate surface area is 185 Å². The third-order valence-corrected chi connectivity index (χ3v) is 7.07. The third-order valence-electron chi connectivity index (χ3n) is 5.15. The summed E-state index contributed by atoms with van der Waals surface area (Å²) >= 11 is 0. The summed E-state index contributed by atoms with van der Waals surface area (Å²) in [5, 5.41) is 2.79. The number of hydrogen-bond donors (Lipinski definition) is 1. The first kappa shape index (κ1) is 23.2. The van der Waals surface area contributed by atoms with Crippen LogP contribution in [0.25, 0.3) is 0 Å². The second-order valence-corrected chi connectivity index (χ2v) is 10.00. The van der Waals surface area contributed by atoms with Crippen LogP contribution in [-0.2, 0) is 21.4 Å². The molecule has 0 aliphatic carbocycles. The molecular formula is C23H31N3O4S. The number of amides is 1. The van der Waals surface area contributed by atoms with Gasteiger partial charge in [-0.25, -0.2) is 8.42 Å². The number of nitrogens with zero attached hydrogens (tertiary/aromatic N) is 2. The third kappa shape index (κ3) is 6.29. The number of sulfonamides is 1. The highest BCUT2D eigenvalue weighted by atomic mass is 32.2. The molecule has 8 heteroatoms. The van der Waals surface area contributed by atoms with Crippen molar-refractivity contribution in [3.8, 4) is 5.75 Å². The number of carbonyl (C=O) groups is 1. The topological polar surface area (TPSA) is 78.9 Å². The van der Waals surface area contributed by atoms with E-state index in [0.29, 0.717) is 31.9 Å². The molecule has 31 heavy (non-hydrogen) atoms. The molecule has 0 aromatic heterocycles. The largest absolute Gasteiger partial charge is 0.481 e. The van der Waals surface area contributed by atoms with Crippen molar-refractivity contribution in [3.63, 3.8) is 0 Å². The lowest BCUT2D eigenvalue weighted by Gasteiger charge is -2.34. The second kappa shape index (κ2) is 10.3. The minimum atomic E-state index is -3.56. The van der Waals surface area contributed by atoms with E-state index in [-0.39, 0.29) is 16.8 Å². The number of rotatable bonds is 8. The smallest absolute Gasteiger partial charge is 0.260 e. The van der Waals surface area contributed by atoms with Crippen LogP contribution in [0, 0.1) is 0 Å². The molecule has 2 aromatic rings. The second-order valence-electron chi connectivity index (χ2n) is 8.06. The molecule has 7 nitrogen and oxygen atoms in total. The summed E-state index contributed by atoms with van der Waals surface area (Å²) in [6, 6.07) is 16.5. The van der Waals surface area contributed by atoms with Crippen molar-refractivity contribution in [1.29, 1.82) is 0 Å². The average molecular weight is 446 g/mol. The quantitative estimate of drug-likeness (QED) is 0.675. The van der Waals surface area contributed by atoms with Crippen LogP contribution >= 0.6 is 0 Å². The Morgan fingerprint density at radius 1 is 0.968 bits per heavy atom. The molecule has 0 spiro atoms. The van der Waals surface area contributed by atoms with Crippen LogP contribution in [0.3, 0.4) is 0 Å². The number of hydrogen-bond acceptors (Lipinski definition) is 5. The lowest BCUT2D eigenvalue weighted by Crippen LogP contribution is -2.48. The van der Waals surface area contributed by atoms with Crippen LogP contribution in [0.5, 0.6) is 5.75 Å². The molecule has 1 aliphatic rings. The van der Waals surface area contributed by atoms with E-state index in [2.05, 4.69) is 22.3 Å². The fraction of sp³-hybridized carbons (Fsp3) is 0.435. The number of carbonyl (C=O) groups excluding carboxylic acids is 1. The molecule has 0 saturated carbocycles. The Morgan fingerprint density at radius 3 is 2.16 bits per heavy atom. The molecule has 168 valence electrons. The molecule has 0 bridgehead atoms. The molecule has 1 atom stereocenters. The van der Waals surface area contributed by atoms with E-state index in [0.717, 1.165) is 6.54 Å². The number of benzene rings is 2. The van der Waals surface area contributed by atoms with Crippen molar-refractivity contribution in [2.45, 2.75) is 44.4 Å². The summed E-state index contributed by atoms with van der Waals surface area (Å²) in [4.78, 5) is 14.5. The van der Waals surface area contributed by atoms with Crippen molar-refractivity contribution in [1.82, 2.24) is 14.5 Å². The summed E-state index contributed by atoms with van der Waals surface area (Å²) in [6.45, 7) is 8.55. The normalized spacial score (nSPS) is 16.8. The van der Waals surface area contributed by atoms with Crippen molar-refractivity contribution in [2.75, 3.05) is 26.2 Å². The summed E-state index contributed by atoms with van der Waals surface area (Å²) < 4.78 is 33.2. The first-order valence-corrected chi connectivity index (χ1v) is 12.0. The van der Waals surface area contributed by atoms with Crippen LogP contribution in [-0.4, -0.2) is 61.9 Å². The van der Waals surface area contributed by atoms with Gasteiger partial charge in [0.25, 0.3) is 5.91 Å². The van der Waals surface area contributed by atoms with Crippen molar-refractivity contribution in [2.24, 2.45) is 0 Å². The van der Waals surface area contributed by atoms with Gasteiger partial charge in [-0.15, -0.1) is 0 Å². The Balaban J connectivity index is 1.56. The number of piperazine rings is 1. The molecule has 0 radical (unpaired) electrons. The van der Waals surface area contributed by atoms with E-state index in [1.54, 1.807) is 19.1 Å². The van der Waals surface area contributed by atoms with Gasteiger partial charge in [-0.3, -0.25) is 9.69 Å². The Bertz CT molecular complexity index is 954. The van der Waals surface area contributed by atoms with Crippen LogP contribution in [0.2, 0.25) is 0 Å². The first-order chi connectivity index (χ1) is 14.8. The lowest BCUT2D eigenvalue weighted by molar-refractivity contribution is -0.127. The highest BCUT2D eigenvalue weighted by Crippen LogP contribution is 2.22. The number of nitrogens with one attached hydrogen (secondary N) is 1. The van der Waals surface area contributed by atoms with Crippen molar-refractivity contribution in [3.05, 3.63) is 60.2 Å². The summed E-state index contributed by atoms with van der Waals surface area (Å²) in [5.74, 6) is 0.248. The van der Waals surface area contributed by atoms with Crippen LogP contribution in [0.4, 0.5) is 0 Å². The Kier molecular flexibility index (Phi) is 7.69. The minimum Gasteiger partial charge on any atom is -0.481 e. The predicted octanol–water partition coefficient (Wildman–Crippen LogP) is 2.48. The van der Waals surface area contributed by atoms with Crippen LogP contribution < -0.4 is 10.1 Å². The maximum atomic E-state index is 13.0. The zero-order valence-electron chi connectivity index (χ0n) is 18.3. The average Bonchev–Trinajstić information content (AvgIpc) is 2.75. The fourth-order valence-electron chi connectivity index (χ4n) is 3.47. The van der Waals surface area contributed by atoms with E-state index in [9.17, 15) is 13.2 Å². The molecule has 0 unspecified atom stereocenters. The molecule has 1 saturated heterocycles. The van der Waals surface area contributed by atoms with Crippen LogP contribution in [0.15, 0.2) is 59.5 Å². The zero-order valence-corrected chi connectivity index (χ0v) is 19.1. The zero-order chi connectivity index (χ0) is 22.4. The Hall–Kier alpha value is -2.42. The summed E-state index contributed by atoms with van der Waals surface area (Å²) in [5.41, 5.74) is 1.23. The van der Waals surface area contributed by atoms with E-state index < -0.39 is 16.1 Å². The van der Waals surface area contributed by atoms with Gasteiger partial charge in [0.2, 0.25) is 10.0 Å². The van der Waals surface area contributed by atoms with Crippen molar-refractivity contribution >= 4 is 15.9 Å². The maximum absolute atomic E-state index is 13.0. The fourth-order valence-corrected chi connectivity index (χ4v) is 4.89. The standard InChI is InChI=1S/C23H31N3O4S/c1-18(2)24-23(27)19(3)30-21-9-11-22(12-10-21)31(28,29)26-15-13-25(14-16-26)17-20-7-5-4-6-8-20/h4-12,18-19H,13-17H2,1-3H3,(H,24,27)/t19-/m0/s1. The molecule has 1 aliphatic heterocycles. The highest BCUT2D eigenvalue weighted by Gasteiger charge is 2.28. The van der Waals surface area contributed by atoms with Gasteiger partial charge >= 0.3 is 0 Å². The van der Waals surface area contributed by atoms with E-state index in [1.807, 2.05) is 32.0 Å². The number of ether oxygens (including phenoxy) is 1. The molecule has 1 N–H and O–H groups in total. The van der Waals surface area contributed by atoms with Gasteiger partial charge in [0.1, 0.15) is 5.75 Å². The molecule has 2 aromatic carbocycles. The maximum Gasteiger partial charge on any atom is 0.260 e. The van der Waals surface area contributed by atoms with Gasteiger partial charge in [0, 0.05) is 38.8 Å². The van der Waals surface area contributed by atoms with Crippen molar-refractivity contribution < 1.29 is 17.9 Å². The van der Waals surface area contributed by atoms with Gasteiger partial charge < -0.3 is 10.1 Å². The summed E-state index contributed by atoms with van der Waals surface area (Å²) in [7, 11) is -3.56. The highest BCUT2D eigenvalue weighted by molar-refractivity contribution is 7.89. The van der Waals surface area contributed by atoms with Crippen LogP contribution in [0.1, 0.15) is 26.3 Å². The van der Waals surface area contributed by atoms with E-state index in [4.69, 9.17) is 4.74 Å². The molecule has 1 fully saturated rings. The van der Waals surface area contributed by atoms with Gasteiger partial charge in [0.05, 0.1) is 4.90 Å². The van der Waals surface area contributed by atoms with Gasteiger partial charge in [-0.1, -0.05) is 30.3 Å². The minimum absolute atomic E-state index is 0.0271. The lowest BCUT2D eigenvalue weighted by atomic mass is 10.2. The predicted molar refractivity (Wildman–Crippen MR) is 120 cm³/mol. The van der Waals surface area contributed by atoms with Gasteiger partial charge in [-0.05, 0) is 50.6 Å². The van der Waals surface area contributed by atoms with E-state index >= 15 is 0 Å². The molecular weight excluding hydrogens is 414 g/mol. The first-order valence-electron chi connectivity index (χ1n) is 10.6. The van der Waals surface area contributed by atoms with E-state index in [1.165, 1.54) is 22.0 Å². The Morgan fingerprint density at radius 2 is 1.58 bits per heavy atom. The molecule has 1 amide bonds. The SMILES string of the molecule is CC(C)NC(=O)[C@H](C)Oc1ccc(S(=O)(=O)N2CCN(Cc3ccccc3)CC2)cc1. The van der Waals surface area contributed by atoms with Gasteiger partial charge in [-0.2, -0.15) is 4.31 Å².